The first-order valence-electron chi connectivity index (χ1n) is 6.26. The number of anilines is 2. The van der Waals surface area contributed by atoms with Crippen molar-refractivity contribution in [3.8, 4) is 0 Å². The van der Waals surface area contributed by atoms with E-state index in [1.54, 1.807) is 6.07 Å². The molecule has 2 aromatic rings. The van der Waals surface area contributed by atoms with E-state index in [1.807, 2.05) is 30.3 Å². The number of benzene rings is 1. The molecule has 0 bridgehead atoms. The molecule has 0 spiro atoms. The molecule has 0 saturated carbocycles. The minimum absolute atomic E-state index is 0.532. The molecular weight excluding hydrogens is 244 g/mol. The van der Waals surface area contributed by atoms with E-state index in [4.69, 9.17) is 11.6 Å². The molecular formula is C15H17ClN2. The monoisotopic (exact) mass is 260 g/mol. The first-order valence-corrected chi connectivity index (χ1v) is 6.64. The summed E-state index contributed by atoms with van der Waals surface area (Å²) in [5.41, 5.74) is 1.15. The standard InChI is InChI=1S/C15H17ClN2/c1-2-3-12-18(13-8-5-4-6-9-13)15-11-7-10-14(16)17-15/h4-11H,2-3,12H2,1H3. The fourth-order valence-electron chi connectivity index (χ4n) is 1.85. The Morgan fingerprint density at radius 2 is 1.83 bits per heavy atom. The van der Waals surface area contributed by atoms with Crippen molar-refractivity contribution in [2.75, 3.05) is 11.4 Å². The van der Waals surface area contributed by atoms with Gasteiger partial charge in [-0.2, -0.15) is 0 Å². The number of rotatable bonds is 5. The second-order valence-electron chi connectivity index (χ2n) is 4.16. The van der Waals surface area contributed by atoms with Crippen molar-refractivity contribution in [1.82, 2.24) is 4.98 Å². The minimum atomic E-state index is 0.532. The molecule has 0 amide bonds. The second-order valence-corrected chi connectivity index (χ2v) is 4.55. The zero-order chi connectivity index (χ0) is 12.8. The highest BCUT2D eigenvalue weighted by molar-refractivity contribution is 6.29. The van der Waals surface area contributed by atoms with Crippen LogP contribution in [-0.2, 0) is 0 Å². The third-order valence-corrected chi connectivity index (χ3v) is 2.99. The van der Waals surface area contributed by atoms with Gasteiger partial charge >= 0.3 is 0 Å². The number of hydrogen-bond acceptors (Lipinski definition) is 2. The van der Waals surface area contributed by atoms with Crippen molar-refractivity contribution in [1.29, 1.82) is 0 Å². The van der Waals surface area contributed by atoms with Crippen LogP contribution < -0.4 is 4.90 Å². The predicted octanol–water partition coefficient (Wildman–Crippen LogP) is 4.67. The van der Waals surface area contributed by atoms with Gasteiger partial charge < -0.3 is 4.90 Å². The molecule has 0 aliphatic heterocycles. The van der Waals surface area contributed by atoms with Crippen LogP contribution in [0.25, 0.3) is 0 Å². The Balaban J connectivity index is 2.31. The summed E-state index contributed by atoms with van der Waals surface area (Å²) in [7, 11) is 0. The van der Waals surface area contributed by atoms with Gasteiger partial charge in [-0.05, 0) is 30.7 Å². The van der Waals surface area contributed by atoms with Gasteiger partial charge in [0.15, 0.2) is 0 Å². The number of para-hydroxylation sites is 1. The summed E-state index contributed by atoms with van der Waals surface area (Å²) in [5, 5.41) is 0.532. The lowest BCUT2D eigenvalue weighted by atomic mass is 10.2. The topological polar surface area (TPSA) is 16.1 Å². The molecule has 0 atom stereocenters. The summed E-state index contributed by atoms with van der Waals surface area (Å²) >= 11 is 5.97. The summed E-state index contributed by atoms with van der Waals surface area (Å²) in [6, 6.07) is 16.0. The van der Waals surface area contributed by atoms with E-state index < -0.39 is 0 Å². The summed E-state index contributed by atoms with van der Waals surface area (Å²) < 4.78 is 0. The summed E-state index contributed by atoms with van der Waals surface area (Å²) in [6.45, 7) is 3.14. The normalized spacial score (nSPS) is 10.3. The zero-order valence-electron chi connectivity index (χ0n) is 10.5. The van der Waals surface area contributed by atoms with Gasteiger partial charge in [0.1, 0.15) is 11.0 Å². The lowest BCUT2D eigenvalue weighted by Gasteiger charge is -2.23. The maximum Gasteiger partial charge on any atom is 0.134 e. The molecule has 1 heterocycles. The molecule has 0 saturated heterocycles. The summed E-state index contributed by atoms with van der Waals surface area (Å²) in [5.74, 6) is 0.905. The minimum Gasteiger partial charge on any atom is -0.326 e. The molecule has 2 nitrogen and oxygen atoms in total. The van der Waals surface area contributed by atoms with Crippen LogP contribution in [0.2, 0.25) is 5.15 Å². The Morgan fingerprint density at radius 1 is 1.06 bits per heavy atom. The molecule has 1 aromatic heterocycles. The highest BCUT2D eigenvalue weighted by atomic mass is 35.5. The highest BCUT2D eigenvalue weighted by Crippen LogP contribution is 2.24. The van der Waals surface area contributed by atoms with E-state index in [1.165, 1.54) is 0 Å². The fourth-order valence-corrected chi connectivity index (χ4v) is 2.01. The van der Waals surface area contributed by atoms with E-state index >= 15 is 0 Å². The Morgan fingerprint density at radius 3 is 2.50 bits per heavy atom. The van der Waals surface area contributed by atoms with Gasteiger partial charge in [-0.1, -0.05) is 49.2 Å². The Hall–Kier alpha value is -1.54. The van der Waals surface area contributed by atoms with Crippen molar-refractivity contribution in [3.05, 3.63) is 53.7 Å². The van der Waals surface area contributed by atoms with Crippen LogP contribution in [-0.4, -0.2) is 11.5 Å². The van der Waals surface area contributed by atoms with Crippen LogP contribution >= 0.6 is 11.6 Å². The van der Waals surface area contributed by atoms with Crippen LogP contribution in [0, 0.1) is 0 Å². The van der Waals surface area contributed by atoms with Gasteiger partial charge in [-0.15, -0.1) is 0 Å². The quantitative estimate of drug-likeness (QED) is 0.726. The first-order chi connectivity index (χ1) is 8.81. The molecule has 18 heavy (non-hydrogen) atoms. The number of halogens is 1. The van der Waals surface area contributed by atoms with Crippen LogP contribution in [0.4, 0.5) is 11.5 Å². The number of pyridine rings is 1. The summed E-state index contributed by atoms with van der Waals surface area (Å²) in [6.07, 6.45) is 2.28. The van der Waals surface area contributed by atoms with Crippen molar-refractivity contribution >= 4 is 23.1 Å². The van der Waals surface area contributed by atoms with Crippen LogP contribution in [0.15, 0.2) is 48.5 Å². The maximum atomic E-state index is 5.97. The molecule has 94 valence electrons. The molecule has 0 unspecified atom stereocenters. The van der Waals surface area contributed by atoms with Gasteiger partial charge in [0.05, 0.1) is 0 Å². The third kappa shape index (κ3) is 3.23. The highest BCUT2D eigenvalue weighted by Gasteiger charge is 2.09. The van der Waals surface area contributed by atoms with Crippen LogP contribution in [0.1, 0.15) is 19.8 Å². The van der Waals surface area contributed by atoms with Gasteiger partial charge in [-0.25, -0.2) is 4.98 Å². The molecule has 0 aliphatic carbocycles. The number of hydrogen-bond donors (Lipinski definition) is 0. The largest absolute Gasteiger partial charge is 0.326 e. The summed E-state index contributed by atoms with van der Waals surface area (Å²) in [4.78, 5) is 6.60. The SMILES string of the molecule is CCCCN(c1ccccc1)c1cccc(Cl)n1. The Kier molecular flexibility index (Phi) is 4.59. The smallest absolute Gasteiger partial charge is 0.134 e. The Bertz CT molecular complexity index is 485. The van der Waals surface area contributed by atoms with Gasteiger partial charge in [0, 0.05) is 12.2 Å². The molecule has 3 heteroatoms. The second kappa shape index (κ2) is 6.41. The molecule has 1 aromatic carbocycles. The van der Waals surface area contributed by atoms with Crippen LogP contribution in [0.5, 0.6) is 0 Å². The lowest BCUT2D eigenvalue weighted by molar-refractivity contribution is 0.779. The number of aromatic nitrogens is 1. The Labute approximate surface area is 113 Å². The average Bonchev–Trinajstić information content (AvgIpc) is 2.40. The average molecular weight is 261 g/mol. The first kappa shape index (κ1) is 12.9. The lowest BCUT2D eigenvalue weighted by Crippen LogP contribution is -2.19. The fraction of sp³-hybridized carbons (Fsp3) is 0.267. The van der Waals surface area contributed by atoms with Crippen molar-refractivity contribution in [2.45, 2.75) is 19.8 Å². The molecule has 0 N–H and O–H groups in total. The van der Waals surface area contributed by atoms with Gasteiger partial charge in [0.25, 0.3) is 0 Å². The third-order valence-electron chi connectivity index (χ3n) is 2.78. The van der Waals surface area contributed by atoms with Crippen LogP contribution in [0.3, 0.4) is 0 Å². The number of unbranched alkanes of at least 4 members (excludes halogenated alkanes) is 1. The predicted molar refractivity (Wildman–Crippen MR) is 77.6 cm³/mol. The zero-order valence-corrected chi connectivity index (χ0v) is 11.3. The van der Waals surface area contributed by atoms with Crippen molar-refractivity contribution in [3.63, 3.8) is 0 Å². The van der Waals surface area contributed by atoms with E-state index in [2.05, 4.69) is 28.9 Å². The molecule has 0 fully saturated rings. The molecule has 2 rings (SSSR count). The van der Waals surface area contributed by atoms with Crippen molar-refractivity contribution in [2.24, 2.45) is 0 Å². The van der Waals surface area contributed by atoms with Gasteiger partial charge in [0.2, 0.25) is 0 Å². The van der Waals surface area contributed by atoms with E-state index in [9.17, 15) is 0 Å². The van der Waals surface area contributed by atoms with E-state index in [0.717, 1.165) is 30.9 Å². The maximum absolute atomic E-state index is 5.97. The van der Waals surface area contributed by atoms with Gasteiger partial charge in [-0.3, -0.25) is 0 Å². The van der Waals surface area contributed by atoms with E-state index in [-0.39, 0.29) is 0 Å². The van der Waals surface area contributed by atoms with Crippen molar-refractivity contribution < 1.29 is 0 Å². The number of nitrogens with zero attached hydrogens (tertiary/aromatic N) is 2. The van der Waals surface area contributed by atoms with E-state index in [0.29, 0.717) is 5.15 Å². The molecule has 0 radical (unpaired) electrons. The molecule has 0 aliphatic rings.